The van der Waals surface area contributed by atoms with Gasteiger partial charge in [-0.3, -0.25) is 0 Å². The Morgan fingerprint density at radius 1 is 1.50 bits per heavy atom. The van der Waals surface area contributed by atoms with Crippen LogP contribution in [0.15, 0.2) is 18.2 Å². The maximum atomic E-state index is 6.24. The second kappa shape index (κ2) is 3.25. The fourth-order valence-corrected chi connectivity index (χ4v) is 3.00. The van der Waals surface area contributed by atoms with Gasteiger partial charge in [-0.05, 0) is 41.5 Å². The number of fused-ring (bicyclic) bond motifs is 1. The molecule has 0 bridgehead atoms. The molecule has 1 unspecified atom stereocenters. The van der Waals surface area contributed by atoms with Crippen molar-refractivity contribution >= 4 is 11.6 Å². The summed E-state index contributed by atoms with van der Waals surface area (Å²) in [6.07, 6.45) is 1.07. The lowest BCUT2D eigenvalue weighted by molar-refractivity contribution is 0.358. The van der Waals surface area contributed by atoms with Gasteiger partial charge in [0.15, 0.2) is 0 Å². The van der Waals surface area contributed by atoms with E-state index in [1.54, 1.807) is 0 Å². The number of hydrogen-bond acceptors (Lipinski definition) is 1. The fraction of sp³-hybridized carbons (Fsp3) is 0.500. The third kappa shape index (κ3) is 1.27. The third-order valence-corrected chi connectivity index (χ3v) is 3.83. The van der Waals surface area contributed by atoms with Crippen molar-refractivity contribution in [1.82, 2.24) is 0 Å². The summed E-state index contributed by atoms with van der Waals surface area (Å²) in [6.45, 7) is 5.21. The highest BCUT2D eigenvalue weighted by Crippen LogP contribution is 2.45. The largest absolute Gasteiger partial charge is 0.330 e. The second-order valence-corrected chi connectivity index (χ2v) is 5.04. The van der Waals surface area contributed by atoms with Crippen molar-refractivity contribution in [3.05, 3.63) is 34.3 Å². The summed E-state index contributed by atoms with van der Waals surface area (Å²) >= 11 is 6.24. The number of hydrogen-bond donors (Lipinski definition) is 1. The van der Waals surface area contributed by atoms with E-state index in [2.05, 4.69) is 19.9 Å². The molecule has 1 aliphatic carbocycles. The van der Waals surface area contributed by atoms with Crippen molar-refractivity contribution in [3.63, 3.8) is 0 Å². The minimum atomic E-state index is 0.127. The smallest absolute Gasteiger partial charge is 0.0446 e. The van der Waals surface area contributed by atoms with Gasteiger partial charge in [-0.2, -0.15) is 0 Å². The summed E-state index contributed by atoms with van der Waals surface area (Å²) in [6, 6.07) is 6.16. The second-order valence-electron chi connectivity index (χ2n) is 4.63. The summed E-state index contributed by atoms with van der Waals surface area (Å²) in [7, 11) is 0. The lowest BCUT2D eigenvalue weighted by atomic mass is 9.78. The fourth-order valence-electron chi connectivity index (χ4n) is 2.56. The zero-order valence-corrected chi connectivity index (χ0v) is 9.43. The monoisotopic (exact) mass is 209 g/mol. The molecular weight excluding hydrogens is 194 g/mol. The Bertz CT molecular complexity index is 357. The molecule has 14 heavy (non-hydrogen) atoms. The highest BCUT2D eigenvalue weighted by Gasteiger charge is 2.39. The average molecular weight is 210 g/mol. The molecule has 0 fully saturated rings. The van der Waals surface area contributed by atoms with Crippen molar-refractivity contribution in [2.75, 3.05) is 6.54 Å². The summed E-state index contributed by atoms with van der Waals surface area (Å²) in [5, 5.41) is 0.892. The Morgan fingerprint density at radius 3 is 2.79 bits per heavy atom. The SMILES string of the molecule is CC1(C)c2c(Cl)cccc2CC1CN. The summed E-state index contributed by atoms with van der Waals surface area (Å²) in [5.41, 5.74) is 8.60. The van der Waals surface area contributed by atoms with Crippen molar-refractivity contribution < 1.29 is 0 Å². The van der Waals surface area contributed by atoms with Crippen molar-refractivity contribution in [3.8, 4) is 0 Å². The molecule has 0 aromatic heterocycles. The maximum Gasteiger partial charge on any atom is 0.0446 e. The Kier molecular flexibility index (Phi) is 2.32. The summed E-state index contributed by atoms with van der Waals surface area (Å²) in [5.74, 6) is 0.525. The van der Waals surface area contributed by atoms with Gasteiger partial charge < -0.3 is 5.73 Å². The summed E-state index contributed by atoms with van der Waals surface area (Å²) in [4.78, 5) is 0. The topological polar surface area (TPSA) is 26.0 Å². The quantitative estimate of drug-likeness (QED) is 0.757. The predicted octanol–water partition coefficient (Wildman–Crippen LogP) is 2.75. The number of rotatable bonds is 1. The first-order chi connectivity index (χ1) is 6.57. The summed E-state index contributed by atoms with van der Waals surface area (Å²) < 4.78 is 0. The molecule has 1 atom stereocenters. The standard InChI is InChI=1S/C12H16ClN/c1-12(2)9(7-14)6-8-4-3-5-10(13)11(8)12/h3-5,9H,6-7,14H2,1-2H3. The van der Waals surface area contributed by atoms with E-state index in [-0.39, 0.29) is 5.41 Å². The molecule has 0 spiro atoms. The number of nitrogens with two attached hydrogens (primary N) is 1. The van der Waals surface area contributed by atoms with Crippen LogP contribution in [0.5, 0.6) is 0 Å². The van der Waals surface area contributed by atoms with Gasteiger partial charge >= 0.3 is 0 Å². The van der Waals surface area contributed by atoms with Crippen LogP contribution in [0, 0.1) is 5.92 Å². The van der Waals surface area contributed by atoms with Crippen LogP contribution in [0.1, 0.15) is 25.0 Å². The lowest BCUT2D eigenvalue weighted by Crippen LogP contribution is -2.30. The highest BCUT2D eigenvalue weighted by atomic mass is 35.5. The van der Waals surface area contributed by atoms with E-state index in [0.717, 1.165) is 18.0 Å². The predicted molar refractivity (Wildman–Crippen MR) is 60.7 cm³/mol. The molecule has 0 heterocycles. The van der Waals surface area contributed by atoms with Crippen LogP contribution in [-0.2, 0) is 11.8 Å². The Balaban J connectivity index is 2.55. The average Bonchev–Trinajstić information content (AvgIpc) is 2.38. The zero-order chi connectivity index (χ0) is 10.3. The van der Waals surface area contributed by atoms with Crippen LogP contribution < -0.4 is 5.73 Å². The van der Waals surface area contributed by atoms with Crippen LogP contribution in [0.25, 0.3) is 0 Å². The van der Waals surface area contributed by atoms with Crippen molar-refractivity contribution in [2.24, 2.45) is 11.7 Å². The van der Waals surface area contributed by atoms with Crippen LogP contribution in [0.2, 0.25) is 5.02 Å². The lowest BCUT2D eigenvalue weighted by Gasteiger charge is -2.27. The molecule has 0 saturated heterocycles. The van der Waals surface area contributed by atoms with E-state index in [1.807, 2.05) is 12.1 Å². The molecule has 1 aromatic rings. The van der Waals surface area contributed by atoms with E-state index < -0.39 is 0 Å². The minimum absolute atomic E-state index is 0.127. The van der Waals surface area contributed by atoms with Gasteiger partial charge in [0.25, 0.3) is 0 Å². The first kappa shape index (κ1) is 10.0. The van der Waals surface area contributed by atoms with E-state index in [4.69, 9.17) is 17.3 Å². The highest BCUT2D eigenvalue weighted by molar-refractivity contribution is 6.31. The number of halogens is 1. The van der Waals surface area contributed by atoms with Gasteiger partial charge in [-0.25, -0.2) is 0 Å². The van der Waals surface area contributed by atoms with Gasteiger partial charge in [-0.15, -0.1) is 0 Å². The minimum Gasteiger partial charge on any atom is -0.330 e. The third-order valence-electron chi connectivity index (χ3n) is 3.52. The molecule has 76 valence electrons. The zero-order valence-electron chi connectivity index (χ0n) is 8.68. The van der Waals surface area contributed by atoms with E-state index >= 15 is 0 Å². The van der Waals surface area contributed by atoms with Crippen LogP contribution in [0.4, 0.5) is 0 Å². The molecule has 0 saturated carbocycles. The van der Waals surface area contributed by atoms with E-state index in [1.165, 1.54) is 11.1 Å². The normalized spacial score (nSPS) is 23.6. The maximum absolute atomic E-state index is 6.24. The molecule has 0 aliphatic heterocycles. The molecule has 0 radical (unpaired) electrons. The Labute approximate surface area is 90.3 Å². The molecule has 1 aliphatic rings. The number of benzene rings is 1. The van der Waals surface area contributed by atoms with Gasteiger partial charge in [0.05, 0.1) is 0 Å². The first-order valence-corrected chi connectivity index (χ1v) is 5.43. The molecule has 2 heteroatoms. The van der Waals surface area contributed by atoms with Crippen LogP contribution in [-0.4, -0.2) is 6.54 Å². The van der Waals surface area contributed by atoms with Crippen molar-refractivity contribution in [2.45, 2.75) is 25.7 Å². The Hall–Kier alpha value is -0.530. The first-order valence-electron chi connectivity index (χ1n) is 5.05. The van der Waals surface area contributed by atoms with Gasteiger partial charge in [0.2, 0.25) is 0 Å². The Morgan fingerprint density at radius 2 is 2.21 bits per heavy atom. The van der Waals surface area contributed by atoms with Crippen molar-refractivity contribution in [1.29, 1.82) is 0 Å². The van der Waals surface area contributed by atoms with Crippen LogP contribution >= 0.6 is 11.6 Å². The van der Waals surface area contributed by atoms with Gasteiger partial charge in [0.1, 0.15) is 0 Å². The van der Waals surface area contributed by atoms with E-state index in [9.17, 15) is 0 Å². The van der Waals surface area contributed by atoms with Crippen LogP contribution in [0.3, 0.4) is 0 Å². The van der Waals surface area contributed by atoms with E-state index in [0.29, 0.717) is 5.92 Å². The molecule has 1 aromatic carbocycles. The van der Waals surface area contributed by atoms with Gasteiger partial charge in [0, 0.05) is 5.02 Å². The molecular formula is C12H16ClN. The molecule has 2 N–H and O–H groups in total. The molecule has 2 rings (SSSR count). The molecule has 1 nitrogen and oxygen atoms in total. The molecule has 0 amide bonds. The van der Waals surface area contributed by atoms with Gasteiger partial charge in [-0.1, -0.05) is 37.6 Å².